The molecule has 1 fully saturated rings. The van der Waals surface area contributed by atoms with Crippen LogP contribution in [0.1, 0.15) is 29.3 Å². The number of carbonyl (C=O) groups is 1. The van der Waals surface area contributed by atoms with E-state index < -0.39 is 0 Å². The molecule has 1 saturated heterocycles. The quantitative estimate of drug-likeness (QED) is 0.393. The van der Waals surface area contributed by atoms with Crippen LogP contribution in [0.5, 0.6) is 0 Å². The van der Waals surface area contributed by atoms with Gasteiger partial charge in [0, 0.05) is 35.6 Å². The molecule has 1 aromatic heterocycles. The van der Waals surface area contributed by atoms with Crippen molar-refractivity contribution >= 4 is 38.6 Å². The molecular weight excluding hydrogens is 438 g/mol. The van der Waals surface area contributed by atoms with Gasteiger partial charge in [0.2, 0.25) is 5.91 Å². The average Bonchev–Trinajstić information content (AvgIpc) is 3.30. The van der Waals surface area contributed by atoms with Crippen molar-refractivity contribution in [2.45, 2.75) is 25.8 Å². The highest BCUT2D eigenvalue weighted by molar-refractivity contribution is 9.10. The van der Waals surface area contributed by atoms with Gasteiger partial charge < -0.3 is 9.47 Å². The van der Waals surface area contributed by atoms with E-state index in [0.717, 1.165) is 33.6 Å². The van der Waals surface area contributed by atoms with Gasteiger partial charge in [-0.05, 0) is 48.4 Å². The van der Waals surface area contributed by atoms with E-state index in [2.05, 4.69) is 69.9 Å². The van der Waals surface area contributed by atoms with Crippen molar-refractivity contribution in [1.29, 1.82) is 0 Å². The molecule has 0 aliphatic carbocycles. The van der Waals surface area contributed by atoms with Gasteiger partial charge in [0.1, 0.15) is 5.82 Å². The summed E-state index contributed by atoms with van der Waals surface area (Å²) in [5, 5.41) is 0. The fourth-order valence-electron chi connectivity index (χ4n) is 4.30. The lowest BCUT2D eigenvalue weighted by molar-refractivity contribution is -0.117. The minimum absolute atomic E-state index is 0.0629. The maximum absolute atomic E-state index is 12.9. The first-order valence-corrected chi connectivity index (χ1v) is 10.9. The van der Waals surface area contributed by atoms with Crippen LogP contribution < -0.4 is 4.90 Å². The van der Waals surface area contributed by atoms with Crippen LogP contribution in [0.4, 0.5) is 5.69 Å². The van der Waals surface area contributed by atoms with Gasteiger partial charge >= 0.3 is 0 Å². The molecule has 1 aliphatic heterocycles. The van der Waals surface area contributed by atoms with E-state index >= 15 is 0 Å². The van der Waals surface area contributed by atoms with E-state index in [-0.39, 0.29) is 11.8 Å². The lowest BCUT2D eigenvalue weighted by Crippen LogP contribution is -2.24. The normalized spacial score (nSPS) is 16.5. The van der Waals surface area contributed by atoms with Gasteiger partial charge in [-0.3, -0.25) is 4.79 Å². The number of anilines is 1. The molecule has 0 N–H and O–H groups in total. The van der Waals surface area contributed by atoms with Gasteiger partial charge in [0.15, 0.2) is 0 Å². The third-order valence-electron chi connectivity index (χ3n) is 5.88. The van der Waals surface area contributed by atoms with Gasteiger partial charge in [0.05, 0.1) is 11.0 Å². The molecule has 1 unspecified atom stereocenters. The zero-order valence-corrected chi connectivity index (χ0v) is 18.3. The highest BCUT2D eigenvalue weighted by Gasteiger charge is 2.35. The van der Waals surface area contributed by atoms with Crippen LogP contribution in [0.15, 0.2) is 77.3 Å². The van der Waals surface area contributed by atoms with Crippen LogP contribution >= 0.6 is 15.9 Å². The molecule has 5 rings (SSSR count). The number of imidazole rings is 1. The number of nitrogens with zero attached hydrogens (tertiary/aromatic N) is 3. The van der Waals surface area contributed by atoms with Gasteiger partial charge in [0.25, 0.3) is 0 Å². The summed E-state index contributed by atoms with van der Waals surface area (Å²) in [6, 6.07) is 24.6. The summed E-state index contributed by atoms with van der Waals surface area (Å²) in [6.45, 7) is 3.54. The second kappa shape index (κ2) is 7.73. The summed E-state index contributed by atoms with van der Waals surface area (Å²) >= 11 is 3.51. The number of fused-ring (bicyclic) bond motifs is 1. The Hall–Kier alpha value is -2.92. The predicted molar refractivity (Wildman–Crippen MR) is 124 cm³/mol. The van der Waals surface area contributed by atoms with Crippen molar-refractivity contribution in [3.8, 4) is 0 Å². The van der Waals surface area contributed by atoms with Crippen molar-refractivity contribution in [3.05, 3.63) is 94.2 Å². The predicted octanol–water partition coefficient (Wildman–Crippen LogP) is 5.68. The Morgan fingerprint density at radius 1 is 1.03 bits per heavy atom. The molecule has 3 aromatic carbocycles. The number of hydrogen-bond acceptors (Lipinski definition) is 2. The maximum atomic E-state index is 12.9. The van der Waals surface area contributed by atoms with E-state index in [4.69, 9.17) is 4.98 Å². The van der Waals surface area contributed by atoms with Gasteiger partial charge in [-0.2, -0.15) is 0 Å². The molecule has 0 radical (unpaired) electrons. The smallest absolute Gasteiger partial charge is 0.227 e. The molecule has 0 spiro atoms. The van der Waals surface area contributed by atoms with Crippen LogP contribution in [-0.2, 0) is 11.3 Å². The van der Waals surface area contributed by atoms with Crippen LogP contribution in [0.25, 0.3) is 11.0 Å². The average molecular weight is 460 g/mol. The second-order valence-corrected chi connectivity index (χ2v) is 8.77. The second-order valence-electron chi connectivity index (χ2n) is 7.86. The van der Waals surface area contributed by atoms with Crippen molar-refractivity contribution in [1.82, 2.24) is 9.55 Å². The summed E-state index contributed by atoms with van der Waals surface area (Å²) in [5.74, 6) is 1.20. The number of para-hydroxylation sites is 2. The van der Waals surface area contributed by atoms with E-state index in [0.29, 0.717) is 13.0 Å². The minimum Gasteiger partial charge on any atom is -0.323 e. The Kier molecular flexibility index (Phi) is 4.91. The van der Waals surface area contributed by atoms with E-state index in [1.807, 2.05) is 35.2 Å². The summed E-state index contributed by atoms with van der Waals surface area (Å²) in [6.07, 6.45) is 0.476. The lowest BCUT2D eigenvalue weighted by Gasteiger charge is -2.18. The number of carbonyl (C=O) groups excluding carboxylic acids is 1. The van der Waals surface area contributed by atoms with Gasteiger partial charge in [-0.1, -0.05) is 58.4 Å². The van der Waals surface area contributed by atoms with Crippen LogP contribution in [-0.4, -0.2) is 22.0 Å². The molecule has 4 nitrogen and oxygen atoms in total. The Balaban J connectivity index is 1.54. The first-order chi connectivity index (χ1) is 14.6. The van der Waals surface area contributed by atoms with Crippen molar-refractivity contribution in [2.75, 3.05) is 11.4 Å². The van der Waals surface area contributed by atoms with Crippen molar-refractivity contribution in [3.63, 3.8) is 0 Å². The summed E-state index contributed by atoms with van der Waals surface area (Å²) in [7, 11) is 0. The molecule has 5 heteroatoms. The fraction of sp³-hybridized carbons (Fsp3) is 0.200. The summed E-state index contributed by atoms with van der Waals surface area (Å²) in [5.41, 5.74) is 5.56. The lowest BCUT2D eigenvalue weighted by atomic mass is 10.1. The van der Waals surface area contributed by atoms with Crippen LogP contribution in [0.2, 0.25) is 0 Å². The molecule has 4 aromatic rings. The Labute approximate surface area is 184 Å². The fourth-order valence-corrected chi connectivity index (χ4v) is 4.69. The van der Waals surface area contributed by atoms with E-state index in [1.165, 1.54) is 11.1 Å². The number of aryl methyl sites for hydroxylation is 1. The van der Waals surface area contributed by atoms with Crippen LogP contribution in [0.3, 0.4) is 0 Å². The Morgan fingerprint density at radius 2 is 1.83 bits per heavy atom. The minimum atomic E-state index is 0.0629. The third kappa shape index (κ3) is 3.43. The number of halogens is 1. The van der Waals surface area contributed by atoms with E-state index in [9.17, 15) is 4.79 Å². The van der Waals surface area contributed by atoms with Crippen molar-refractivity contribution in [2.24, 2.45) is 0 Å². The molecule has 30 heavy (non-hydrogen) atoms. The highest BCUT2D eigenvalue weighted by Crippen LogP contribution is 2.34. The SMILES string of the molecule is Cc1ccccc1Cn1c(C2CC(=O)N(c3cccc(Br)c3)C2)nc2ccccc21. The number of amides is 1. The first kappa shape index (κ1) is 19.1. The molecule has 1 amide bonds. The van der Waals surface area contributed by atoms with Crippen molar-refractivity contribution < 1.29 is 4.79 Å². The molecular formula is C25H22BrN3O. The maximum Gasteiger partial charge on any atom is 0.227 e. The van der Waals surface area contributed by atoms with Gasteiger partial charge in [-0.15, -0.1) is 0 Å². The topological polar surface area (TPSA) is 38.1 Å². The van der Waals surface area contributed by atoms with E-state index in [1.54, 1.807) is 0 Å². The monoisotopic (exact) mass is 459 g/mol. The molecule has 1 atom stereocenters. The van der Waals surface area contributed by atoms with Crippen LogP contribution in [0, 0.1) is 6.92 Å². The Morgan fingerprint density at radius 3 is 2.67 bits per heavy atom. The third-order valence-corrected chi connectivity index (χ3v) is 6.38. The molecule has 1 aliphatic rings. The number of benzene rings is 3. The molecule has 2 heterocycles. The standard InChI is InChI=1S/C25H22BrN3O/c1-17-7-2-3-8-18(17)15-29-23-12-5-4-11-22(23)27-25(29)19-13-24(30)28(16-19)21-10-6-9-20(26)14-21/h2-12,14,19H,13,15-16H2,1H3. The largest absolute Gasteiger partial charge is 0.323 e. The zero-order chi connectivity index (χ0) is 20.7. The Bertz CT molecular complexity index is 1250. The molecule has 0 saturated carbocycles. The molecule has 0 bridgehead atoms. The first-order valence-electron chi connectivity index (χ1n) is 10.2. The van der Waals surface area contributed by atoms with Gasteiger partial charge in [-0.25, -0.2) is 4.98 Å². The number of aromatic nitrogens is 2. The number of hydrogen-bond donors (Lipinski definition) is 0. The zero-order valence-electron chi connectivity index (χ0n) is 16.8. The highest BCUT2D eigenvalue weighted by atomic mass is 79.9. The number of rotatable bonds is 4. The summed E-state index contributed by atoms with van der Waals surface area (Å²) < 4.78 is 3.27. The summed E-state index contributed by atoms with van der Waals surface area (Å²) in [4.78, 5) is 19.7. The molecule has 150 valence electrons.